The molecule has 0 unspecified atom stereocenters. The minimum atomic E-state index is -0.897. The predicted molar refractivity (Wildman–Crippen MR) is 69.9 cm³/mol. The largest absolute Gasteiger partial charge is 0.397 e. The van der Waals surface area contributed by atoms with Crippen LogP contribution in [0.3, 0.4) is 0 Å². The van der Waals surface area contributed by atoms with Crippen molar-refractivity contribution >= 4 is 17.3 Å². The van der Waals surface area contributed by atoms with Gasteiger partial charge in [0.15, 0.2) is 0 Å². The number of rotatable bonds is 2. The molecule has 19 heavy (non-hydrogen) atoms. The zero-order chi connectivity index (χ0) is 14.0. The number of halogens is 2. The number of nitrogen functional groups attached to an aromatic ring is 1. The standard InChI is InChI=1S/C14H12F2N2O/c1-18(12-8-3-2-7-11(12)17)14(19)13-9(15)5-4-6-10(13)16/h2-8H,17H2,1H3. The van der Waals surface area contributed by atoms with Gasteiger partial charge >= 0.3 is 0 Å². The fraction of sp³-hybridized carbons (Fsp3) is 0.0714. The first-order valence-electron chi connectivity index (χ1n) is 5.59. The molecule has 0 radical (unpaired) electrons. The van der Waals surface area contributed by atoms with Crippen LogP contribution in [0.4, 0.5) is 20.2 Å². The number of hydrogen-bond donors (Lipinski definition) is 1. The minimum Gasteiger partial charge on any atom is -0.397 e. The number of carbonyl (C=O) groups is 1. The number of nitrogens with two attached hydrogens (primary N) is 1. The molecule has 0 bridgehead atoms. The second-order valence-electron chi connectivity index (χ2n) is 4.02. The Kier molecular flexibility index (Phi) is 3.46. The highest BCUT2D eigenvalue weighted by atomic mass is 19.1. The SMILES string of the molecule is CN(C(=O)c1c(F)cccc1F)c1ccccc1N. The zero-order valence-corrected chi connectivity index (χ0v) is 10.2. The van der Waals surface area contributed by atoms with Crippen LogP contribution in [0, 0.1) is 11.6 Å². The van der Waals surface area contributed by atoms with E-state index in [9.17, 15) is 13.6 Å². The van der Waals surface area contributed by atoms with Gasteiger partial charge in [-0.2, -0.15) is 0 Å². The second kappa shape index (κ2) is 5.06. The van der Waals surface area contributed by atoms with Crippen LogP contribution in [0.5, 0.6) is 0 Å². The van der Waals surface area contributed by atoms with Gasteiger partial charge in [0.25, 0.3) is 5.91 Å². The van der Waals surface area contributed by atoms with Gasteiger partial charge in [-0.15, -0.1) is 0 Å². The van der Waals surface area contributed by atoms with Crippen molar-refractivity contribution in [2.45, 2.75) is 0 Å². The Bertz CT molecular complexity index is 608. The molecule has 5 heteroatoms. The van der Waals surface area contributed by atoms with Crippen LogP contribution in [0.25, 0.3) is 0 Å². The quantitative estimate of drug-likeness (QED) is 0.846. The summed E-state index contributed by atoms with van der Waals surface area (Å²) in [5.41, 5.74) is 5.90. The first-order valence-corrected chi connectivity index (χ1v) is 5.59. The molecule has 0 atom stereocenters. The summed E-state index contributed by atoms with van der Waals surface area (Å²) in [6.07, 6.45) is 0. The van der Waals surface area contributed by atoms with E-state index in [0.29, 0.717) is 11.4 Å². The maximum absolute atomic E-state index is 13.6. The summed E-state index contributed by atoms with van der Waals surface area (Å²) in [6, 6.07) is 9.89. The van der Waals surface area contributed by atoms with Crippen molar-refractivity contribution in [2.24, 2.45) is 0 Å². The molecule has 0 aliphatic rings. The summed E-state index contributed by atoms with van der Waals surface area (Å²) < 4.78 is 27.1. The molecule has 0 aliphatic heterocycles. The van der Waals surface area contributed by atoms with Crippen molar-refractivity contribution in [3.8, 4) is 0 Å². The average Bonchev–Trinajstić information content (AvgIpc) is 2.38. The van der Waals surface area contributed by atoms with Gasteiger partial charge in [0.1, 0.15) is 17.2 Å². The van der Waals surface area contributed by atoms with E-state index in [0.717, 1.165) is 17.0 Å². The van der Waals surface area contributed by atoms with Gasteiger partial charge in [0.05, 0.1) is 11.4 Å². The maximum Gasteiger partial charge on any atom is 0.264 e. The molecule has 2 N–H and O–H groups in total. The Labute approximate surface area is 109 Å². The van der Waals surface area contributed by atoms with Gasteiger partial charge in [-0.3, -0.25) is 4.79 Å². The van der Waals surface area contributed by atoms with E-state index >= 15 is 0 Å². The molecule has 0 saturated carbocycles. The highest BCUT2D eigenvalue weighted by Gasteiger charge is 2.22. The number of para-hydroxylation sites is 2. The molecule has 2 aromatic rings. The molecule has 3 nitrogen and oxygen atoms in total. The smallest absolute Gasteiger partial charge is 0.264 e. The lowest BCUT2D eigenvalue weighted by Crippen LogP contribution is -2.28. The van der Waals surface area contributed by atoms with E-state index in [1.165, 1.54) is 13.1 Å². The van der Waals surface area contributed by atoms with Crippen LogP contribution in [0.1, 0.15) is 10.4 Å². The number of amides is 1. The Morgan fingerprint density at radius 2 is 1.63 bits per heavy atom. The van der Waals surface area contributed by atoms with Gasteiger partial charge < -0.3 is 10.6 Å². The lowest BCUT2D eigenvalue weighted by molar-refractivity contribution is 0.0985. The van der Waals surface area contributed by atoms with Crippen molar-refractivity contribution in [1.82, 2.24) is 0 Å². The Hall–Kier alpha value is -2.43. The molecule has 0 heterocycles. The van der Waals surface area contributed by atoms with Gasteiger partial charge in [0.2, 0.25) is 0 Å². The van der Waals surface area contributed by atoms with Gasteiger partial charge in [0, 0.05) is 7.05 Å². The fourth-order valence-electron chi connectivity index (χ4n) is 1.77. The highest BCUT2D eigenvalue weighted by Crippen LogP contribution is 2.24. The van der Waals surface area contributed by atoms with E-state index in [2.05, 4.69) is 0 Å². The van der Waals surface area contributed by atoms with Crippen LogP contribution in [0.15, 0.2) is 42.5 Å². The van der Waals surface area contributed by atoms with E-state index in [-0.39, 0.29) is 0 Å². The summed E-state index contributed by atoms with van der Waals surface area (Å²) >= 11 is 0. The van der Waals surface area contributed by atoms with E-state index < -0.39 is 23.1 Å². The number of anilines is 2. The molecule has 0 aliphatic carbocycles. The monoisotopic (exact) mass is 262 g/mol. The topological polar surface area (TPSA) is 46.3 Å². The van der Waals surface area contributed by atoms with Gasteiger partial charge in [-0.05, 0) is 24.3 Å². The third kappa shape index (κ3) is 2.40. The number of nitrogens with zero attached hydrogens (tertiary/aromatic N) is 1. The fourth-order valence-corrected chi connectivity index (χ4v) is 1.77. The lowest BCUT2D eigenvalue weighted by Gasteiger charge is -2.19. The van der Waals surface area contributed by atoms with Gasteiger partial charge in [-0.25, -0.2) is 8.78 Å². The Balaban J connectivity index is 2.43. The summed E-state index contributed by atoms with van der Waals surface area (Å²) in [5, 5.41) is 0. The number of hydrogen-bond acceptors (Lipinski definition) is 2. The van der Waals surface area contributed by atoms with Crippen molar-refractivity contribution in [2.75, 3.05) is 17.7 Å². The van der Waals surface area contributed by atoms with Crippen molar-refractivity contribution in [1.29, 1.82) is 0 Å². The lowest BCUT2D eigenvalue weighted by atomic mass is 10.1. The summed E-state index contributed by atoms with van der Waals surface area (Å²) in [6.45, 7) is 0. The maximum atomic E-state index is 13.6. The third-order valence-electron chi connectivity index (χ3n) is 2.78. The first kappa shape index (κ1) is 13.0. The van der Waals surface area contributed by atoms with Crippen LogP contribution in [-0.4, -0.2) is 13.0 Å². The molecule has 0 spiro atoms. The van der Waals surface area contributed by atoms with Crippen molar-refractivity contribution < 1.29 is 13.6 Å². The van der Waals surface area contributed by atoms with Crippen LogP contribution >= 0.6 is 0 Å². The predicted octanol–water partition coefficient (Wildman–Crippen LogP) is 2.82. The molecular formula is C14H12F2N2O. The Morgan fingerprint density at radius 3 is 2.21 bits per heavy atom. The number of carbonyl (C=O) groups excluding carboxylic acids is 1. The molecule has 0 saturated heterocycles. The third-order valence-corrected chi connectivity index (χ3v) is 2.78. The summed E-state index contributed by atoms with van der Waals surface area (Å²) in [4.78, 5) is 13.3. The summed E-state index contributed by atoms with van der Waals surface area (Å²) in [5.74, 6) is -2.58. The van der Waals surface area contributed by atoms with Gasteiger partial charge in [-0.1, -0.05) is 18.2 Å². The van der Waals surface area contributed by atoms with Crippen LogP contribution in [0.2, 0.25) is 0 Å². The van der Waals surface area contributed by atoms with Crippen LogP contribution < -0.4 is 10.6 Å². The van der Waals surface area contributed by atoms with E-state index in [4.69, 9.17) is 5.73 Å². The number of benzene rings is 2. The molecule has 1 amide bonds. The molecule has 0 fully saturated rings. The highest BCUT2D eigenvalue weighted by molar-refractivity contribution is 6.07. The van der Waals surface area contributed by atoms with Crippen molar-refractivity contribution in [3.05, 3.63) is 59.7 Å². The van der Waals surface area contributed by atoms with Crippen LogP contribution in [-0.2, 0) is 0 Å². The molecule has 2 rings (SSSR count). The summed E-state index contributed by atoms with van der Waals surface area (Å²) in [7, 11) is 1.42. The molecule has 98 valence electrons. The van der Waals surface area contributed by atoms with Crippen molar-refractivity contribution in [3.63, 3.8) is 0 Å². The average molecular weight is 262 g/mol. The molecule has 0 aromatic heterocycles. The molecule has 2 aromatic carbocycles. The zero-order valence-electron chi connectivity index (χ0n) is 10.2. The Morgan fingerprint density at radius 1 is 1.05 bits per heavy atom. The van der Waals surface area contributed by atoms with E-state index in [1.54, 1.807) is 24.3 Å². The first-order chi connectivity index (χ1) is 9.02. The second-order valence-corrected chi connectivity index (χ2v) is 4.02. The van der Waals surface area contributed by atoms with E-state index in [1.807, 2.05) is 0 Å². The molecular weight excluding hydrogens is 250 g/mol. The normalized spacial score (nSPS) is 10.3. The minimum absolute atomic E-state index is 0.357.